The van der Waals surface area contributed by atoms with E-state index in [-0.39, 0.29) is 186 Å². The number of aromatic hydroxyl groups is 1. The number of hydrogen-bond donors (Lipinski definition) is 2. The van der Waals surface area contributed by atoms with Crippen molar-refractivity contribution in [2.24, 2.45) is 20.5 Å². The van der Waals surface area contributed by atoms with E-state index in [2.05, 4.69) is 43.4 Å². The molecule has 4 rings (SSSR count). The van der Waals surface area contributed by atoms with E-state index in [0.29, 0.717) is 0 Å². The minimum Gasteiger partial charge on any atom is -0.744 e. The van der Waals surface area contributed by atoms with Gasteiger partial charge in [0.05, 0.1) is 80.2 Å². The molecule has 0 heterocycles. The molecule has 4 aromatic rings. The van der Waals surface area contributed by atoms with Crippen molar-refractivity contribution in [1.82, 2.24) is 0 Å². The molecule has 322 valence electrons. The zero-order chi connectivity index (χ0) is 43.8. The quantitative estimate of drug-likeness (QED) is 0.00900. The molecule has 0 aromatic heterocycles. The van der Waals surface area contributed by atoms with Crippen LogP contribution in [0, 0.1) is 6.92 Å². The summed E-state index contributed by atoms with van der Waals surface area (Å²) in [6.07, 6.45) is 0. The van der Waals surface area contributed by atoms with Crippen LogP contribution >= 0.6 is 24.4 Å². The van der Waals surface area contributed by atoms with Crippen LogP contribution in [0.2, 0.25) is 0 Å². The Kier molecular flexibility index (Phi) is 27.7. The molecule has 35 heteroatoms. The second-order valence-electron chi connectivity index (χ2n) is 11.1. The van der Waals surface area contributed by atoms with Crippen molar-refractivity contribution in [2.45, 2.75) is 26.5 Å². The number of hydrogen-bond acceptors (Lipinski definition) is 27. The van der Waals surface area contributed by atoms with Crippen molar-refractivity contribution in [1.29, 1.82) is 0 Å². The molecule has 25 nitrogen and oxygen atoms in total. The second kappa shape index (κ2) is 27.7. The van der Waals surface area contributed by atoms with E-state index in [9.17, 15) is 58.4 Å². The maximum absolute atomic E-state index is 12.9. The Morgan fingerprint density at radius 3 is 2.00 bits per heavy atom. The smallest absolute Gasteiger partial charge is 0.744 e. The third kappa shape index (κ3) is 17.7. The summed E-state index contributed by atoms with van der Waals surface area (Å²) in [6, 6.07) is 8.86. The van der Waals surface area contributed by atoms with Crippen LogP contribution in [0.25, 0.3) is 10.8 Å². The zero-order valence-electron chi connectivity index (χ0n) is 33.5. The monoisotopic (exact) mass is 1030 g/mol. The fourth-order valence-corrected chi connectivity index (χ4v) is 9.23. The van der Waals surface area contributed by atoms with Gasteiger partial charge >= 0.3 is 118 Å². The molecule has 4 aromatic carbocycles. The molecule has 0 aliphatic carbocycles. The maximum atomic E-state index is 12.9. The minimum atomic E-state index is -5.44. The van der Waals surface area contributed by atoms with E-state index in [1.54, 1.807) is 0 Å². The van der Waals surface area contributed by atoms with Crippen LogP contribution in [0.4, 0.5) is 28.4 Å². The number of azo groups is 2. The molecule has 0 aliphatic heterocycles. The number of nitrogen functional groups attached to an aromatic ring is 1. The summed E-state index contributed by atoms with van der Waals surface area (Å²) in [6.45, 7) is -0.111. The molecule has 0 spiro atoms. The van der Waals surface area contributed by atoms with Crippen LogP contribution in [-0.4, -0.2) is 79.7 Å². The number of nitrogens with zero attached hydrogens (tertiary/aromatic N) is 4. The van der Waals surface area contributed by atoms with Crippen LogP contribution in [0.3, 0.4) is 0 Å². The van der Waals surface area contributed by atoms with Gasteiger partial charge in [-0.15, -0.1) is 19.7 Å². The van der Waals surface area contributed by atoms with E-state index in [4.69, 9.17) is 14.7 Å². The van der Waals surface area contributed by atoms with E-state index >= 15 is 0 Å². The van der Waals surface area contributed by atoms with E-state index in [1.807, 2.05) is 0 Å². The van der Waals surface area contributed by atoms with Crippen molar-refractivity contribution in [3.8, 4) is 11.5 Å². The molecule has 0 saturated carbocycles. The molecule has 0 aliphatic rings. The predicted octanol–water partition coefficient (Wildman–Crippen LogP) is -9.75. The summed E-state index contributed by atoms with van der Waals surface area (Å²) in [5.74, 6) is -2.64. The van der Waals surface area contributed by atoms with Crippen molar-refractivity contribution in [3.63, 3.8) is 0 Å². The SMILES string of the molecule is COc1cc(S(=O)(=O)CCOS(=O)(=O)[O-])c(C)cc1N=Nc1c(S(=O)(=O)[O-])cc2cc(SOO[O-])c(N=Nc3cccc(S(=O)(=O)CCOSOO[O-])c3)c(O)c2c1N.[Na+].[Na+].[Na+].[Na+]. The number of aryl methyl sites for hydroxylation is 1. The van der Waals surface area contributed by atoms with Gasteiger partial charge in [-0.3, -0.25) is 18.4 Å². The van der Waals surface area contributed by atoms with Gasteiger partial charge in [0.2, 0.25) is 10.4 Å². The van der Waals surface area contributed by atoms with Gasteiger partial charge in [-0.05, 0) is 54.3 Å². The molecule has 0 atom stereocenters. The topological polar surface area (TPSA) is 389 Å². The van der Waals surface area contributed by atoms with E-state index in [0.717, 1.165) is 37.4 Å². The van der Waals surface area contributed by atoms with Crippen LogP contribution < -0.4 is 139 Å². The number of phenolic OH excluding ortho intramolecular Hbond substituents is 1. The van der Waals surface area contributed by atoms with Crippen LogP contribution in [0.15, 0.2) is 88.6 Å². The number of ether oxygens (including phenoxy) is 1. The van der Waals surface area contributed by atoms with Gasteiger partial charge in [-0.2, -0.15) is 9.45 Å². The van der Waals surface area contributed by atoms with E-state index in [1.165, 1.54) is 25.1 Å². The predicted molar refractivity (Wildman–Crippen MR) is 194 cm³/mol. The fraction of sp³-hybridized carbons (Fsp3) is 0.214. The molecule has 0 fully saturated rings. The Hall–Kier alpha value is -0.160. The first kappa shape index (κ1) is 62.8. The van der Waals surface area contributed by atoms with Crippen molar-refractivity contribution >= 4 is 104 Å². The summed E-state index contributed by atoms with van der Waals surface area (Å²) in [5, 5.41) is 53.4. The summed E-state index contributed by atoms with van der Waals surface area (Å²) in [4.78, 5) is -1.97. The normalized spacial score (nSPS) is 12.1. The van der Waals surface area contributed by atoms with Gasteiger partial charge in [0, 0.05) is 6.07 Å². The largest absolute Gasteiger partial charge is 1.00 e. The third-order valence-corrected chi connectivity index (χ3v) is 13.1. The average Bonchev–Trinajstić information content (AvgIpc) is 3.15. The molecule has 0 unspecified atom stereocenters. The number of anilines is 1. The molecule has 0 bridgehead atoms. The third-order valence-electron chi connectivity index (χ3n) is 7.37. The second-order valence-corrected chi connectivity index (χ2v) is 18.9. The van der Waals surface area contributed by atoms with E-state index < -0.39 is 97.5 Å². The van der Waals surface area contributed by atoms with Gasteiger partial charge in [-0.25, -0.2) is 33.7 Å². The van der Waals surface area contributed by atoms with Crippen LogP contribution in [0.1, 0.15) is 5.56 Å². The molecular formula is C28H25N5Na4O20S6. The standard InChI is InChI=1S/C28H29N5O20S6.4Na/c1-15-10-19(20(47-2)14-22(15)57(39,40)9-7-49-59(44,45)46)31-33-27-23(58(41,42)43)12-16-11-21(54-52-50-35)26(28(34)24(16)25(27)29)32-30-17-4-3-5-18(13-17)56(37,38)8-6-48-55-53-51-36;;;;/h3-5,10-14,34-36H,6-9,29H2,1-2H3,(H,41,42,43)(H,44,45,46);;;;/q;4*+1/p-4. The molecular weight excluding hydrogens is 1010 g/mol. The fourth-order valence-electron chi connectivity index (χ4n) is 4.88. The van der Waals surface area contributed by atoms with Crippen molar-refractivity contribution in [3.05, 3.63) is 54.1 Å². The Labute approximate surface area is 456 Å². The molecule has 0 radical (unpaired) electrons. The van der Waals surface area contributed by atoms with Gasteiger partial charge < -0.3 is 35.2 Å². The van der Waals surface area contributed by atoms with Gasteiger partial charge in [-0.1, -0.05) is 6.07 Å². The first-order valence-electron chi connectivity index (χ1n) is 15.3. The zero-order valence-corrected chi connectivity index (χ0v) is 46.4. The summed E-state index contributed by atoms with van der Waals surface area (Å²) in [5.41, 5.74) is 3.97. The average molecular weight is 1040 g/mol. The number of methoxy groups -OCH3 is 1. The van der Waals surface area contributed by atoms with Gasteiger partial charge in [0.15, 0.2) is 37.7 Å². The number of fused-ring (bicyclic) bond motifs is 1. The summed E-state index contributed by atoms with van der Waals surface area (Å²) >= 11 is 0.273. The van der Waals surface area contributed by atoms with Gasteiger partial charge in [0.1, 0.15) is 32.9 Å². The van der Waals surface area contributed by atoms with Crippen LogP contribution in [-0.2, 0) is 67.3 Å². The number of sulfone groups is 2. The summed E-state index contributed by atoms with van der Waals surface area (Å²) < 4.78 is 143. The molecule has 3 N–H and O–H groups in total. The Bertz CT molecular complexity index is 2740. The number of phenols is 1. The number of benzene rings is 4. The first-order valence-corrected chi connectivity index (χ1v) is 22.7. The number of nitrogens with two attached hydrogens (primary N) is 1. The summed E-state index contributed by atoms with van der Waals surface area (Å²) in [7, 11) is -17.8. The first-order chi connectivity index (χ1) is 27.6. The van der Waals surface area contributed by atoms with Crippen molar-refractivity contribution in [2.75, 3.05) is 37.6 Å². The molecule has 0 saturated heterocycles. The molecule has 0 amide bonds. The van der Waals surface area contributed by atoms with Crippen molar-refractivity contribution < 1.29 is 208 Å². The Morgan fingerprint density at radius 1 is 0.762 bits per heavy atom. The Balaban J connectivity index is 0.00000961. The molecule has 63 heavy (non-hydrogen) atoms. The minimum absolute atomic E-state index is 0. The maximum Gasteiger partial charge on any atom is 1.00 e. The van der Waals surface area contributed by atoms with Crippen LogP contribution in [0.5, 0.6) is 11.5 Å². The van der Waals surface area contributed by atoms with Gasteiger partial charge in [0.25, 0.3) is 0 Å². The Morgan fingerprint density at radius 2 is 1.40 bits per heavy atom. The number of rotatable bonds is 21.